The smallest absolute Gasteiger partial charge is 0.305 e. The SMILES string of the molecule is CCOC(=O)CCCN1C(=O)/C(=C/c2c(Cl)cccc2Cl)SC1=S. The van der Waals surface area contributed by atoms with Crippen LogP contribution in [0.15, 0.2) is 23.1 Å². The summed E-state index contributed by atoms with van der Waals surface area (Å²) in [6.07, 6.45) is 2.39. The highest BCUT2D eigenvalue weighted by Crippen LogP contribution is 2.35. The van der Waals surface area contributed by atoms with Crippen molar-refractivity contribution in [2.45, 2.75) is 19.8 Å². The molecule has 128 valence electrons. The highest BCUT2D eigenvalue weighted by Gasteiger charge is 2.32. The van der Waals surface area contributed by atoms with Crippen molar-refractivity contribution in [3.63, 3.8) is 0 Å². The van der Waals surface area contributed by atoms with Crippen LogP contribution in [0.3, 0.4) is 0 Å². The van der Waals surface area contributed by atoms with Crippen LogP contribution in [0.4, 0.5) is 0 Å². The van der Waals surface area contributed by atoms with Crippen LogP contribution in [0.1, 0.15) is 25.3 Å². The van der Waals surface area contributed by atoms with Gasteiger partial charge >= 0.3 is 5.97 Å². The lowest BCUT2D eigenvalue weighted by atomic mass is 10.2. The molecule has 4 nitrogen and oxygen atoms in total. The van der Waals surface area contributed by atoms with Gasteiger partial charge in [0, 0.05) is 28.6 Å². The number of esters is 1. The molecule has 1 amide bonds. The summed E-state index contributed by atoms with van der Waals surface area (Å²) in [4.78, 5) is 25.8. The molecule has 1 aliphatic rings. The van der Waals surface area contributed by atoms with Gasteiger partial charge in [0.2, 0.25) is 0 Å². The number of nitrogens with zero attached hydrogens (tertiary/aromatic N) is 1. The van der Waals surface area contributed by atoms with Crippen molar-refractivity contribution in [2.24, 2.45) is 0 Å². The molecule has 0 unspecified atom stereocenters. The van der Waals surface area contributed by atoms with E-state index in [4.69, 9.17) is 40.2 Å². The molecule has 0 spiro atoms. The maximum Gasteiger partial charge on any atom is 0.305 e. The first-order chi connectivity index (χ1) is 11.4. The number of benzene rings is 1. The first-order valence-corrected chi connectivity index (χ1v) is 9.27. The van der Waals surface area contributed by atoms with Crippen molar-refractivity contribution in [2.75, 3.05) is 13.2 Å². The average Bonchev–Trinajstić information content (AvgIpc) is 2.79. The molecule has 0 saturated carbocycles. The molecule has 0 atom stereocenters. The van der Waals surface area contributed by atoms with E-state index < -0.39 is 0 Å². The van der Waals surface area contributed by atoms with Crippen LogP contribution in [-0.2, 0) is 14.3 Å². The van der Waals surface area contributed by atoms with Gasteiger partial charge in [0.25, 0.3) is 5.91 Å². The van der Waals surface area contributed by atoms with Gasteiger partial charge in [0.1, 0.15) is 4.32 Å². The second-order valence-electron chi connectivity index (χ2n) is 4.88. The Morgan fingerprint density at radius 2 is 2.04 bits per heavy atom. The number of carbonyl (C=O) groups excluding carboxylic acids is 2. The van der Waals surface area contributed by atoms with Crippen LogP contribution >= 0.6 is 47.2 Å². The summed E-state index contributed by atoms with van der Waals surface area (Å²) in [5.41, 5.74) is 0.591. The van der Waals surface area contributed by atoms with E-state index in [2.05, 4.69) is 0 Å². The lowest BCUT2D eigenvalue weighted by Crippen LogP contribution is -2.29. The molecule has 1 fully saturated rings. The van der Waals surface area contributed by atoms with Gasteiger partial charge < -0.3 is 4.74 Å². The zero-order valence-corrected chi connectivity index (χ0v) is 16.0. The molecule has 24 heavy (non-hydrogen) atoms. The quantitative estimate of drug-likeness (QED) is 0.396. The van der Waals surface area contributed by atoms with Crippen LogP contribution < -0.4 is 0 Å². The first-order valence-electron chi connectivity index (χ1n) is 7.29. The highest BCUT2D eigenvalue weighted by atomic mass is 35.5. The second-order valence-corrected chi connectivity index (χ2v) is 7.37. The number of amides is 1. The van der Waals surface area contributed by atoms with Gasteiger partial charge in [0.15, 0.2) is 0 Å². The second kappa shape index (κ2) is 8.85. The number of hydrogen-bond donors (Lipinski definition) is 0. The Kier molecular flexibility index (Phi) is 7.10. The minimum absolute atomic E-state index is 0.204. The van der Waals surface area contributed by atoms with E-state index in [1.165, 1.54) is 16.7 Å². The van der Waals surface area contributed by atoms with Crippen LogP contribution in [0.2, 0.25) is 10.0 Å². The average molecular weight is 404 g/mol. The molecule has 2 rings (SSSR count). The molecule has 1 aliphatic heterocycles. The predicted octanol–water partition coefficient (Wildman–Crippen LogP) is 4.54. The fourth-order valence-electron chi connectivity index (χ4n) is 2.09. The summed E-state index contributed by atoms with van der Waals surface area (Å²) in [5, 5.41) is 0.935. The molecule has 1 saturated heterocycles. The molecule has 1 aromatic rings. The summed E-state index contributed by atoms with van der Waals surface area (Å²) in [6.45, 7) is 2.48. The van der Waals surface area contributed by atoms with E-state index in [-0.39, 0.29) is 18.3 Å². The molecular formula is C16H15Cl2NO3S2. The fraction of sp³-hybridized carbons (Fsp3) is 0.312. The van der Waals surface area contributed by atoms with Crippen molar-refractivity contribution in [1.29, 1.82) is 0 Å². The lowest BCUT2D eigenvalue weighted by Gasteiger charge is -2.13. The third kappa shape index (κ3) is 4.72. The number of carbonyl (C=O) groups is 2. The molecule has 0 aromatic heterocycles. The van der Waals surface area contributed by atoms with Crippen LogP contribution in [0, 0.1) is 0 Å². The Bertz CT molecular complexity index is 686. The number of hydrogen-bond acceptors (Lipinski definition) is 5. The van der Waals surface area contributed by atoms with Gasteiger partial charge in [-0.1, -0.05) is 53.2 Å². The van der Waals surface area contributed by atoms with E-state index in [1.807, 2.05) is 0 Å². The number of rotatable bonds is 6. The van der Waals surface area contributed by atoms with Crippen molar-refractivity contribution < 1.29 is 14.3 Å². The molecule has 8 heteroatoms. The first kappa shape index (κ1) is 19.2. The van der Waals surface area contributed by atoms with Crippen LogP contribution in [0.5, 0.6) is 0 Å². The van der Waals surface area contributed by atoms with Crippen molar-refractivity contribution in [3.05, 3.63) is 38.7 Å². The van der Waals surface area contributed by atoms with E-state index in [1.54, 1.807) is 31.2 Å². The Hall–Kier alpha value is -1.08. The Morgan fingerprint density at radius 3 is 2.67 bits per heavy atom. The van der Waals surface area contributed by atoms with Crippen molar-refractivity contribution in [1.82, 2.24) is 4.90 Å². The van der Waals surface area contributed by atoms with E-state index in [0.29, 0.717) is 44.4 Å². The number of ether oxygens (including phenoxy) is 1. The van der Waals surface area contributed by atoms with E-state index in [9.17, 15) is 9.59 Å². The van der Waals surface area contributed by atoms with E-state index in [0.717, 1.165) is 0 Å². The monoisotopic (exact) mass is 403 g/mol. The molecule has 0 N–H and O–H groups in total. The zero-order chi connectivity index (χ0) is 17.7. The van der Waals surface area contributed by atoms with E-state index >= 15 is 0 Å². The molecule has 1 aromatic carbocycles. The lowest BCUT2D eigenvalue weighted by molar-refractivity contribution is -0.143. The number of thiocarbonyl (C=S) groups is 1. The molecule has 0 aliphatic carbocycles. The standard InChI is InChI=1S/C16H15Cl2NO3S2/c1-2-22-14(20)7-4-8-19-15(21)13(24-16(19)23)9-10-11(17)5-3-6-12(10)18/h3,5-6,9H,2,4,7-8H2,1H3/b13-9-. The topological polar surface area (TPSA) is 46.6 Å². The minimum Gasteiger partial charge on any atom is -0.466 e. The zero-order valence-electron chi connectivity index (χ0n) is 12.9. The number of thioether (sulfide) groups is 1. The summed E-state index contributed by atoms with van der Waals surface area (Å²) >= 11 is 18.7. The van der Waals surface area contributed by atoms with Gasteiger partial charge in [-0.25, -0.2) is 0 Å². The summed E-state index contributed by atoms with van der Waals surface area (Å²) in [5.74, 6) is -0.480. The molecular weight excluding hydrogens is 389 g/mol. The molecule has 1 heterocycles. The van der Waals surface area contributed by atoms with Gasteiger partial charge in [-0.2, -0.15) is 0 Å². The highest BCUT2D eigenvalue weighted by molar-refractivity contribution is 8.26. The Morgan fingerprint density at radius 1 is 1.38 bits per heavy atom. The van der Waals surface area contributed by atoms with Crippen molar-refractivity contribution in [3.8, 4) is 0 Å². The largest absolute Gasteiger partial charge is 0.466 e. The third-order valence-corrected chi connectivity index (χ3v) is 5.25. The van der Waals surface area contributed by atoms with Gasteiger partial charge in [0.05, 0.1) is 11.5 Å². The normalized spacial score (nSPS) is 16.1. The predicted molar refractivity (Wildman–Crippen MR) is 102 cm³/mol. The maximum atomic E-state index is 12.5. The van der Waals surface area contributed by atoms with Crippen molar-refractivity contribution >= 4 is 69.5 Å². The summed E-state index contributed by atoms with van der Waals surface area (Å²) in [7, 11) is 0. The van der Waals surface area contributed by atoms with Crippen LogP contribution in [0.25, 0.3) is 6.08 Å². The maximum absolute atomic E-state index is 12.5. The third-order valence-electron chi connectivity index (χ3n) is 3.22. The van der Waals surface area contributed by atoms with Gasteiger partial charge in [-0.3, -0.25) is 14.5 Å². The van der Waals surface area contributed by atoms with Gasteiger partial charge in [-0.15, -0.1) is 0 Å². The van der Waals surface area contributed by atoms with Gasteiger partial charge in [-0.05, 0) is 31.6 Å². The molecule has 0 bridgehead atoms. The fourth-order valence-corrected chi connectivity index (χ4v) is 3.88. The number of halogens is 2. The molecule has 0 radical (unpaired) electrons. The van der Waals surface area contributed by atoms with Crippen LogP contribution in [-0.4, -0.2) is 34.2 Å². The Labute approximate surface area is 160 Å². The summed E-state index contributed by atoms with van der Waals surface area (Å²) < 4.78 is 5.32. The summed E-state index contributed by atoms with van der Waals surface area (Å²) in [6, 6.07) is 5.15. The Balaban J connectivity index is 2.06. The minimum atomic E-state index is -0.277.